The molecule has 3 N–H and O–H groups in total. The fourth-order valence-corrected chi connectivity index (χ4v) is 3.15. The zero-order valence-corrected chi connectivity index (χ0v) is 15.9. The van der Waals surface area contributed by atoms with E-state index in [2.05, 4.69) is 25.6 Å². The molecule has 0 aliphatic heterocycles. The lowest BCUT2D eigenvalue weighted by Crippen LogP contribution is -2.13. The van der Waals surface area contributed by atoms with Crippen LogP contribution in [0.15, 0.2) is 67.1 Å². The Morgan fingerprint density at radius 2 is 2.04 bits per heavy atom. The number of hydrogen-bond donors (Lipinski definition) is 3. The number of carbonyl (C=O) groups is 1. The molecule has 7 heteroatoms. The van der Waals surface area contributed by atoms with Gasteiger partial charge in [0.2, 0.25) is 0 Å². The van der Waals surface area contributed by atoms with Crippen molar-refractivity contribution in [3.63, 3.8) is 0 Å². The van der Waals surface area contributed by atoms with Gasteiger partial charge in [0.1, 0.15) is 11.0 Å². The molecular formula is C21H18ClN5O. The van der Waals surface area contributed by atoms with Gasteiger partial charge >= 0.3 is 0 Å². The number of halogens is 1. The topological polar surface area (TPSA) is 82.7 Å². The number of rotatable bonds is 5. The molecule has 0 aliphatic rings. The highest BCUT2D eigenvalue weighted by Gasteiger charge is 2.11. The number of fused-ring (bicyclic) bond motifs is 1. The predicted octanol–water partition coefficient (Wildman–Crippen LogP) is 5.04. The predicted molar refractivity (Wildman–Crippen MR) is 112 cm³/mol. The standard InChI is InChI=1S/C21H18ClN5O/c1-13(25-20-12-23-11-19(22)27-20)14-3-2-4-17(10-14)26-21(28)16-5-6-18-15(9-16)7-8-24-18/h2-13,24H,1H3,(H,25,27)(H,26,28)/t13-/m0/s1. The molecule has 0 radical (unpaired) electrons. The Kier molecular flexibility index (Phi) is 4.95. The highest BCUT2D eigenvalue weighted by Crippen LogP contribution is 2.22. The summed E-state index contributed by atoms with van der Waals surface area (Å²) >= 11 is 5.88. The Hall–Kier alpha value is -3.38. The first kappa shape index (κ1) is 18.0. The lowest BCUT2D eigenvalue weighted by atomic mass is 10.1. The fourth-order valence-electron chi connectivity index (χ4n) is 3.00. The molecule has 28 heavy (non-hydrogen) atoms. The van der Waals surface area contributed by atoms with E-state index in [0.717, 1.165) is 22.2 Å². The van der Waals surface area contributed by atoms with Crippen LogP contribution in [0.25, 0.3) is 10.9 Å². The van der Waals surface area contributed by atoms with E-state index >= 15 is 0 Å². The largest absolute Gasteiger partial charge is 0.362 e. The van der Waals surface area contributed by atoms with Crippen LogP contribution in [-0.4, -0.2) is 20.9 Å². The molecule has 1 amide bonds. The molecule has 4 rings (SSSR count). The molecule has 0 aliphatic carbocycles. The Labute approximate surface area is 167 Å². The van der Waals surface area contributed by atoms with Crippen molar-refractivity contribution >= 4 is 39.9 Å². The highest BCUT2D eigenvalue weighted by molar-refractivity contribution is 6.29. The summed E-state index contributed by atoms with van der Waals surface area (Å²) in [4.78, 5) is 24.0. The first-order valence-electron chi connectivity index (χ1n) is 8.81. The Morgan fingerprint density at radius 1 is 1.14 bits per heavy atom. The van der Waals surface area contributed by atoms with Crippen LogP contribution in [0, 0.1) is 0 Å². The van der Waals surface area contributed by atoms with Gasteiger partial charge in [0.05, 0.1) is 18.4 Å². The third-order valence-electron chi connectivity index (χ3n) is 4.43. The van der Waals surface area contributed by atoms with Crippen LogP contribution < -0.4 is 10.6 Å². The number of benzene rings is 2. The molecule has 0 unspecified atom stereocenters. The minimum absolute atomic E-state index is 0.0409. The van der Waals surface area contributed by atoms with Gasteiger partial charge in [0.25, 0.3) is 5.91 Å². The molecular weight excluding hydrogens is 374 g/mol. The minimum atomic E-state index is -0.151. The third kappa shape index (κ3) is 3.97. The molecule has 0 spiro atoms. The summed E-state index contributed by atoms with van der Waals surface area (Å²) in [5.74, 6) is 0.441. The van der Waals surface area contributed by atoms with E-state index in [-0.39, 0.29) is 11.9 Å². The minimum Gasteiger partial charge on any atom is -0.362 e. The van der Waals surface area contributed by atoms with Gasteiger partial charge in [-0.15, -0.1) is 0 Å². The summed E-state index contributed by atoms with van der Waals surface area (Å²) < 4.78 is 0. The van der Waals surface area contributed by atoms with Gasteiger partial charge < -0.3 is 15.6 Å². The van der Waals surface area contributed by atoms with E-state index in [1.54, 1.807) is 12.3 Å². The van der Waals surface area contributed by atoms with E-state index < -0.39 is 0 Å². The number of nitrogens with zero attached hydrogens (tertiary/aromatic N) is 2. The van der Waals surface area contributed by atoms with Crippen LogP contribution in [0.5, 0.6) is 0 Å². The second-order valence-corrected chi connectivity index (χ2v) is 6.84. The lowest BCUT2D eigenvalue weighted by Gasteiger charge is -2.16. The molecule has 0 fully saturated rings. The number of anilines is 2. The van der Waals surface area contributed by atoms with Crippen molar-refractivity contribution in [2.75, 3.05) is 10.6 Å². The monoisotopic (exact) mass is 391 g/mol. The molecule has 1 atom stereocenters. The van der Waals surface area contributed by atoms with Crippen molar-refractivity contribution in [3.8, 4) is 0 Å². The second-order valence-electron chi connectivity index (χ2n) is 6.45. The van der Waals surface area contributed by atoms with E-state index in [1.807, 2.05) is 55.6 Å². The second kappa shape index (κ2) is 7.70. The molecule has 140 valence electrons. The van der Waals surface area contributed by atoms with E-state index in [0.29, 0.717) is 16.5 Å². The van der Waals surface area contributed by atoms with Crippen LogP contribution in [0.1, 0.15) is 28.9 Å². The molecule has 0 bridgehead atoms. The Morgan fingerprint density at radius 3 is 2.89 bits per heavy atom. The zero-order valence-electron chi connectivity index (χ0n) is 15.1. The molecule has 4 aromatic rings. The van der Waals surface area contributed by atoms with Gasteiger partial charge in [0, 0.05) is 28.4 Å². The molecule has 0 saturated heterocycles. The molecule has 2 aromatic heterocycles. The third-order valence-corrected chi connectivity index (χ3v) is 4.61. The highest BCUT2D eigenvalue weighted by atomic mass is 35.5. The number of hydrogen-bond acceptors (Lipinski definition) is 4. The number of aromatic nitrogens is 3. The van der Waals surface area contributed by atoms with Crippen LogP contribution in [0.2, 0.25) is 5.15 Å². The maximum atomic E-state index is 12.6. The summed E-state index contributed by atoms with van der Waals surface area (Å²) in [6, 6.07) is 15.2. The molecule has 6 nitrogen and oxygen atoms in total. The van der Waals surface area contributed by atoms with Gasteiger partial charge in [-0.1, -0.05) is 23.7 Å². The molecule has 0 saturated carbocycles. The summed E-state index contributed by atoms with van der Waals surface area (Å²) in [5.41, 5.74) is 3.34. The summed E-state index contributed by atoms with van der Waals surface area (Å²) in [6.45, 7) is 2.00. The van der Waals surface area contributed by atoms with Gasteiger partial charge in [-0.05, 0) is 48.9 Å². The lowest BCUT2D eigenvalue weighted by molar-refractivity contribution is 0.102. The maximum absolute atomic E-state index is 12.6. The number of aromatic amines is 1. The van der Waals surface area contributed by atoms with Gasteiger partial charge in [-0.3, -0.25) is 9.78 Å². The SMILES string of the molecule is C[C@H](Nc1cncc(Cl)n1)c1cccc(NC(=O)c2ccc3[nH]ccc3c2)c1. The van der Waals surface area contributed by atoms with E-state index in [9.17, 15) is 4.79 Å². The van der Waals surface area contributed by atoms with Crippen molar-refractivity contribution in [1.82, 2.24) is 15.0 Å². The summed E-state index contributed by atoms with van der Waals surface area (Å²) in [5, 5.41) is 7.54. The molecule has 2 heterocycles. The van der Waals surface area contributed by atoms with Crippen LogP contribution in [0.3, 0.4) is 0 Å². The number of H-pyrrole nitrogens is 1. The Bertz CT molecular complexity index is 1140. The first-order valence-corrected chi connectivity index (χ1v) is 9.19. The number of nitrogens with one attached hydrogen (secondary N) is 3. The van der Waals surface area contributed by atoms with Crippen molar-refractivity contribution in [3.05, 3.63) is 83.4 Å². The van der Waals surface area contributed by atoms with Crippen LogP contribution >= 0.6 is 11.6 Å². The van der Waals surface area contributed by atoms with Crippen LogP contribution in [-0.2, 0) is 0 Å². The maximum Gasteiger partial charge on any atom is 0.255 e. The van der Waals surface area contributed by atoms with Crippen molar-refractivity contribution < 1.29 is 4.79 Å². The quantitative estimate of drug-likeness (QED) is 0.445. The Balaban J connectivity index is 1.49. The summed E-state index contributed by atoms with van der Waals surface area (Å²) in [6.07, 6.45) is 4.96. The van der Waals surface area contributed by atoms with E-state index in [1.165, 1.54) is 6.20 Å². The van der Waals surface area contributed by atoms with Gasteiger partial charge in [0.15, 0.2) is 0 Å². The number of amides is 1. The van der Waals surface area contributed by atoms with Gasteiger partial charge in [-0.25, -0.2) is 4.98 Å². The fraction of sp³-hybridized carbons (Fsp3) is 0.0952. The normalized spacial score (nSPS) is 11.9. The van der Waals surface area contributed by atoms with Crippen molar-refractivity contribution in [2.45, 2.75) is 13.0 Å². The van der Waals surface area contributed by atoms with Crippen LogP contribution in [0.4, 0.5) is 11.5 Å². The van der Waals surface area contributed by atoms with Crippen molar-refractivity contribution in [2.24, 2.45) is 0 Å². The number of carbonyl (C=O) groups excluding carboxylic acids is 1. The first-order chi connectivity index (χ1) is 13.6. The smallest absolute Gasteiger partial charge is 0.255 e. The average molecular weight is 392 g/mol. The van der Waals surface area contributed by atoms with Crippen molar-refractivity contribution in [1.29, 1.82) is 0 Å². The average Bonchev–Trinajstić information content (AvgIpc) is 3.16. The van der Waals surface area contributed by atoms with E-state index in [4.69, 9.17) is 11.6 Å². The zero-order chi connectivity index (χ0) is 19.5. The van der Waals surface area contributed by atoms with Gasteiger partial charge in [-0.2, -0.15) is 0 Å². The summed E-state index contributed by atoms with van der Waals surface area (Å²) in [7, 11) is 0. The molecule has 2 aromatic carbocycles.